The monoisotopic (exact) mass is 340 g/mol. The van der Waals surface area contributed by atoms with E-state index in [0.717, 1.165) is 18.2 Å². The molecule has 0 aromatic heterocycles. The summed E-state index contributed by atoms with van der Waals surface area (Å²) in [7, 11) is 0. The van der Waals surface area contributed by atoms with Gasteiger partial charge in [-0.1, -0.05) is 18.2 Å². The minimum atomic E-state index is -4.52. The van der Waals surface area contributed by atoms with E-state index in [1.165, 1.54) is 30.3 Å². The number of amides is 1. The third-order valence-corrected chi connectivity index (χ3v) is 2.93. The predicted molar refractivity (Wildman–Crippen MR) is 78.3 cm³/mol. The molecule has 0 heterocycles. The van der Waals surface area contributed by atoms with E-state index >= 15 is 0 Å². The van der Waals surface area contributed by atoms with Crippen molar-refractivity contribution in [1.82, 2.24) is 0 Å². The maximum atomic E-state index is 12.6. The van der Waals surface area contributed by atoms with E-state index in [9.17, 15) is 28.1 Å². The summed E-state index contributed by atoms with van der Waals surface area (Å²) in [5, 5.41) is 12.8. The summed E-state index contributed by atoms with van der Waals surface area (Å²) >= 11 is 0. The standard InChI is InChI=1S/C15H11F3N2O4/c16-15(17,18)11-4-2-5-12(8-11)19-14(21)24-9-10-3-1-6-13(7-10)20(22)23/h1-8H,9H2,(H,19,21). The highest BCUT2D eigenvalue weighted by atomic mass is 19.4. The molecular weight excluding hydrogens is 329 g/mol. The van der Waals surface area contributed by atoms with Gasteiger partial charge in [-0.25, -0.2) is 4.79 Å². The van der Waals surface area contributed by atoms with Gasteiger partial charge in [-0.05, 0) is 23.8 Å². The van der Waals surface area contributed by atoms with Crippen LogP contribution >= 0.6 is 0 Å². The Morgan fingerprint density at radius 3 is 2.54 bits per heavy atom. The number of ether oxygens (including phenoxy) is 1. The number of nitrogens with zero attached hydrogens (tertiary/aromatic N) is 1. The lowest BCUT2D eigenvalue weighted by atomic mass is 10.2. The Hall–Kier alpha value is -3.10. The Bertz CT molecular complexity index is 762. The molecule has 0 aliphatic heterocycles. The average Bonchev–Trinajstić information content (AvgIpc) is 2.52. The van der Waals surface area contributed by atoms with E-state index in [2.05, 4.69) is 5.32 Å². The fourth-order valence-electron chi connectivity index (χ4n) is 1.84. The van der Waals surface area contributed by atoms with Gasteiger partial charge in [-0.2, -0.15) is 13.2 Å². The van der Waals surface area contributed by atoms with Crippen molar-refractivity contribution in [2.24, 2.45) is 0 Å². The Kier molecular flexibility index (Phi) is 5.02. The maximum Gasteiger partial charge on any atom is 0.416 e. The first-order valence-corrected chi connectivity index (χ1v) is 6.60. The van der Waals surface area contributed by atoms with Crippen LogP contribution in [0.25, 0.3) is 0 Å². The van der Waals surface area contributed by atoms with Crippen LogP contribution in [0.4, 0.5) is 29.3 Å². The molecule has 0 atom stereocenters. The van der Waals surface area contributed by atoms with E-state index in [4.69, 9.17) is 4.74 Å². The molecule has 0 bridgehead atoms. The fourth-order valence-corrected chi connectivity index (χ4v) is 1.84. The van der Waals surface area contributed by atoms with Crippen molar-refractivity contribution < 1.29 is 27.6 Å². The molecule has 0 unspecified atom stereocenters. The number of carbonyl (C=O) groups excluding carboxylic acids is 1. The van der Waals surface area contributed by atoms with Gasteiger partial charge < -0.3 is 4.74 Å². The normalized spacial score (nSPS) is 11.0. The molecule has 0 fully saturated rings. The number of nitro benzene ring substituents is 1. The minimum Gasteiger partial charge on any atom is -0.444 e. The highest BCUT2D eigenvalue weighted by Crippen LogP contribution is 2.30. The summed E-state index contributed by atoms with van der Waals surface area (Å²) in [6.07, 6.45) is -5.49. The molecular formula is C15H11F3N2O4. The highest BCUT2D eigenvalue weighted by Gasteiger charge is 2.30. The predicted octanol–water partition coefficient (Wildman–Crippen LogP) is 4.36. The molecule has 0 spiro atoms. The average molecular weight is 340 g/mol. The lowest BCUT2D eigenvalue weighted by molar-refractivity contribution is -0.384. The van der Waals surface area contributed by atoms with Crippen LogP contribution in [-0.2, 0) is 17.5 Å². The van der Waals surface area contributed by atoms with Crippen LogP contribution in [0.1, 0.15) is 11.1 Å². The van der Waals surface area contributed by atoms with Crippen LogP contribution < -0.4 is 5.32 Å². The Balaban J connectivity index is 1.97. The number of hydrogen-bond donors (Lipinski definition) is 1. The van der Waals surface area contributed by atoms with E-state index in [0.29, 0.717) is 5.56 Å². The largest absolute Gasteiger partial charge is 0.444 e. The zero-order valence-corrected chi connectivity index (χ0v) is 12.0. The molecule has 0 radical (unpaired) electrons. The number of rotatable bonds is 4. The number of halogens is 3. The Morgan fingerprint density at radius 2 is 1.88 bits per heavy atom. The van der Waals surface area contributed by atoms with Gasteiger partial charge in [0, 0.05) is 17.8 Å². The molecule has 2 aromatic carbocycles. The van der Waals surface area contributed by atoms with Crippen LogP contribution in [0.3, 0.4) is 0 Å². The van der Waals surface area contributed by atoms with E-state index in [1.807, 2.05) is 0 Å². The SMILES string of the molecule is O=C(Nc1cccc(C(F)(F)F)c1)OCc1cccc([N+](=O)[O-])c1. The van der Waals surface area contributed by atoms with Crippen molar-refractivity contribution in [3.8, 4) is 0 Å². The molecule has 1 amide bonds. The zero-order chi connectivity index (χ0) is 17.7. The van der Waals surface area contributed by atoms with Crippen molar-refractivity contribution in [2.45, 2.75) is 12.8 Å². The van der Waals surface area contributed by atoms with Crippen LogP contribution in [0, 0.1) is 10.1 Å². The molecule has 1 N–H and O–H groups in total. The summed E-state index contributed by atoms with van der Waals surface area (Å²) in [5.41, 5.74) is -0.759. The number of benzene rings is 2. The summed E-state index contributed by atoms with van der Waals surface area (Å²) in [4.78, 5) is 21.7. The van der Waals surface area contributed by atoms with Crippen molar-refractivity contribution in [1.29, 1.82) is 0 Å². The van der Waals surface area contributed by atoms with E-state index in [-0.39, 0.29) is 18.0 Å². The second kappa shape index (κ2) is 6.99. The number of nitrogens with one attached hydrogen (secondary N) is 1. The number of non-ortho nitro benzene ring substituents is 1. The van der Waals surface area contributed by atoms with Gasteiger partial charge in [0.05, 0.1) is 10.5 Å². The number of anilines is 1. The van der Waals surface area contributed by atoms with Crippen LogP contribution in [-0.4, -0.2) is 11.0 Å². The van der Waals surface area contributed by atoms with Crippen molar-refractivity contribution in [3.63, 3.8) is 0 Å². The van der Waals surface area contributed by atoms with Gasteiger partial charge in [-0.15, -0.1) is 0 Å². The molecule has 9 heteroatoms. The number of carbonyl (C=O) groups is 1. The van der Waals surface area contributed by atoms with Crippen LogP contribution in [0.5, 0.6) is 0 Å². The highest BCUT2D eigenvalue weighted by molar-refractivity contribution is 5.84. The molecule has 0 saturated heterocycles. The summed E-state index contributed by atoms with van der Waals surface area (Å²) in [6, 6.07) is 9.55. The summed E-state index contributed by atoms with van der Waals surface area (Å²) in [5.74, 6) is 0. The van der Waals surface area contributed by atoms with Gasteiger partial charge in [0.2, 0.25) is 0 Å². The zero-order valence-electron chi connectivity index (χ0n) is 12.0. The third-order valence-electron chi connectivity index (χ3n) is 2.93. The first-order valence-electron chi connectivity index (χ1n) is 6.60. The van der Waals surface area contributed by atoms with Crippen LogP contribution in [0.15, 0.2) is 48.5 Å². The maximum absolute atomic E-state index is 12.6. The first-order chi connectivity index (χ1) is 11.3. The first kappa shape index (κ1) is 17.3. The van der Waals surface area contributed by atoms with Gasteiger partial charge in [0.1, 0.15) is 6.61 Å². The molecule has 24 heavy (non-hydrogen) atoms. The lowest BCUT2D eigenvalue weighted by Gasteiger charge is -2.10. The number of alkyl halides is 3. The molecule has 2 rings (SSSR count). The van der Waals surface area contributed by atoms with Crippen molar-refractivity contribution >= 4 is 17.5 Å². The van der Waals surface area contributed by atoms with Gasteiger partial charge in [-0.3, -0.25) is 15.4 Å². The Labute approximate surface area is 134 Å². The molecule has 0 aliphatic carbocycles. The van der Waals surface area contributed by atoms with Crippen LogP contribution in [0.2, 0.25) is 0 Å². The number of nitro groups is 1. The third kappa shape index (κ3) is 4.70. The van der Waals surface area contributed by atoms with Gasteiger partial charge in [0.25, 0.3) is 5.69 Å². The second-order valence-corrected chi connectivity index (χ2v) is 4.71. The molecule has 6 nitrogen and oxygen atoms in total. The van der Waals surface area contributed by atoms with Gasteiger partial charge in [0.15, 0.2) is 0 Å². The van der Waals surface area contributed by atoms with E-state index in [1.54, 1.807) is 0 Å². The number of hydrogen-bond acceptors (Lipinski definition) is 4. The second-order valence-electron chi connectivity index (χ2n) is 4.71. The van der Waals surface area contributed by atoms with E-state index < -0.39 is 22.8 Å². The summed E-state index contributed by atoms with van der Waals surface area (Å²) in [6.45, 7) is -0.257. The lowest BCUT2D eigenvalue weighted by Crippen LogP contribution is -2.14. The quantitative estimate of drug-likeness (QED) is 0.662. The van der Waals surface area contributed by atoms with Crippen molar-refractivity contribution in [3.05, 3.63) is 69.8 Å². The summed E-state index contributed by atoms with van der Waals surface area (Å²) < 4.78 is 42.6. The topological polar surface area (TPSA) is 81.5 Å². The van der Waals surface area contributed by atoms with Gasteiger partial charge >= 0.3 is 12.3 Å². The van der Waals surface area contributed by atoms with Crippen molar-refractivity contribution in [2.75, 3.05) is 5.32 Å². The smallest absolute Gasteiger partial charge is 0.416 e. The Morgan fingerprint density at radius 1 is 1.17 bits per heavy atom. The molecule has 0 aliphatic rings. The molecule has 126 valence electrons. The fraction of sp³-hybridized carbons (Fsp3) is 0.133. The molecule has 2 aromatic rings. The molecule has 0 saturated carbocycles. The minimum absolute atomic E-state index is 0.0751.